The Balaban J connectivity index is 2.13. The van der Waals surface area contributed by atoms with Crippen LogP contribution in [-0.4, -0.2) is 34.6 Å². The molecule has 25 heavy (non-hydrogen) atoms. The van der Waals surface area contributed by atoms with Gasteiger partial charge in [-0.2, -0.15) is 9.40 Å². The van der Waals surface area contributed by atoms with Crippen molar-refractivity contribution < 1.29 is 8.42 Å². The summed E-state index contributed by atoms with van der Waals surface area (Å²) in [7, 11) is -3.61. The summed E-state index contributed by atoms with van der Waals surface area (Å²) >= 11 is 1.53. The predicted octanol–water partition coefficient (Wildman–Crippen LogP) is 4.53. The van der Waals surface area contributed by atoms with Crippen LogP contribution in [0.1, 0.15) is 59.4 Å². The number of hydrogen-bond donors (Lipinski definition) is 0. The molecular weight excluding hydrogens is 354 g/mol. The van der Waals surface area contributed by atoms with E-state index in [2.05, 4.69) is 0 Å². The molecule has 1 aliphatic rings. The third kappa shape index (κ3) is 3.55. The highest BCUT2D eigenvalue weighted by atomic mass is 32.2. The first kappa shape index (κ1) is 18.6. The Labute approximate surface area is 154 Å². The van der Waals surface area contributed by atoms with E-state index in [1.807, 2.05) is 49.9 Å². The summed E-state index contributed by atoms with van der Waals surface area (Å²) in [5, 5.41) is 6.68. The lowest BCUT2D eigenvalue weighted by Crippen LogP contribution is -2.42. The van der Waals surface area contributed by atoms with Crippen LogP contribution >= 0.6 is 11.3 Å². The van der Waals surface area contributed by atoms with Gasteiger partial charge in [-0.3, -0.25) is 4.68 Å². The minimum absolute atomic E-state index is 0.101. The van der Waals surface area contributed by atoms with Gasteiger partial charge < -0.3 is 0 Å². The molecule has 0 bridgehead atoms. The maximum absolute atomic E-state index is 13.4. The third-order valence-corrected chi connectivity index (χ3v) is 7.85. The zero-order valence-corrected chi connectivity index (χ0v) is 17.0. The lowest BCUT2D eigenvalue weighted by atomic mass is 10.3. The molecule has 2 aromatic rings. The van der Waals surface area contributed by atoms with E-state index in [9.17, 15) is 8.42 Å². The van der Waals surface area contributed by atoms with Crippen LogP contribution in [0.3, 0.4) is 0 Å². The number of aromatic nitrogens is 2. The van der Waals surface area contributed by atoms with Gasteiger partial charge in [0.25, 0.3) is 0 Å². The summed E-state index contributed by atoms with van der Waals surface area (Å²) < 4.78 is 30.4. The van der Waals surface area contributed by atoms with Crippen molar-refractivity contribution in [3.8, 4) is 10.6 Å². The molecule has 0 atom stereocenters. The SMILES string of the molecule is CC(C)N(C(C)C)S(=O)(=O)c1cn(C2CCCC2)nc1-c1cccs1. The van der Waals surface area contributed by atoms with E-state index >= 15 is 0 Å². The molecule has 0 aromatic carbocycles. The third-order valence-electron chi connectivity index (χ3n) is 4.73. The fraction of sp³-hybridized carbons (Fsp3) is 0.611. The largest absolute Gasteiger partial charge is 0.268 e. The fourth-order valence-corrected chi connectivity index (χ4v) is 6.53. The van der Waals surface area contributed by atoms with Gasteiger partial charge in [0.1, 0.15) is 10.6 Å². The molecule has 2 aromatic heterocycles. The van der Waals surface area contributed by atoms with Gasteiger partial charge in [-0.1, -0.05) is 18.9 Å². The molecule has 2 heterocycles. The summed E-state index contributed by atoms with van der Waals surface area (Å²) in [6, 6.07) is 3.99. The summed E-state index contributed by atoms with van der Waals surface area (Å²) in [6.45, 7) is 7.68. The molecule has 0 saturated heterocycles. The van der Waals surface area contributed by atoms with Crippen LogP contribution in [-0.2, 0) is 10.0 Å². The minimum atomic E-state index is -3.61. The molecule has 0 amide bonds. The highest BCUT2D eigenvalue weighted by Crippen LogP contribution is 2.36. The second-order valence-corrected chi connectivity index (χ2v) is 10.0. The van der Waals surface area contributed by atoms with Crippen molar-refractivity contribution in [1.29, 1.82) is 0 Å². The quantitative estimate of drug-likeness (QED) is 0.738. The van der Waals surface area contributed by atoms with Crippen LogP contribution in [0, 0.1) is 0 Å². The monoisotopic (exact) mass is 381 g/mol. The van der Waals surface area contributed by atoms with Gasteiger partial charge in [0, 0.05) is 18.3 Å². The molecule has 3 rings (SSSR count). The normalized spacial score (nSPS) is 16.6. The summed E-state index contributed by atoms with van der Waals surface area (Å²) in [6.07, 6.45) is 6.28. The average Bonchev–Trinajstić information content (AvgIpc) is 3.26. The van der Waals surface area contributed by atoms with Crippen molar-refractivity contribution in [3.63, 3.8) is 0 Å². The smallest absolute Gasteiger partial charge is 0.247 e. The fourth-order valence-electron chi connectivity index (χ4n) is 3.77. The molecule has 1 fully saturated rings. The van der Waals surface area contributed by atoms with E-state index < -0.39 is 10.0 Å². The molecule has 7 heteroatoms. The second kappa shape index (κ2) is 7.21. The van der Waals surface area contributed by atoms with Crippen LogP contribution in [0.25, 0.3) is 10.6 Å². The Morgan fingerprint density at radius 3 is 2.36 bits per heavy atom. The minimum Gasteiger partial charge on any atom is -0.268 e. The molecule has 5 nitrogen and oxygen atoms in total. The summed E-state index contributed by atoms with van der Waals surface area (Å²) in [4.78, 5) is 1.24. The van der Waals surface area contributed by atoms with Crippen LogP contribution in [0.2, 0.25) is 0 Å². The summed E-state index contributed by atoms with van der Waals surface area (Å²) in [5.41, 5.74) is 0.591. The van der Waals surface area contributed by atoms with Crippen molar-refractivity contribution >= 4 is 21.4 Å². The van der Waals surface area contributed by atoms with Gasteiger partial charge >= 0.3 is 0 Å². The lowest BCUT2D eigenvalue weighted by molar-refractivity contribution is 0.302. The molecule has 0 aliphatic heterocycles. The molecule has 1 saturated carbocycles. The van der Waals surface area contributed by atoms with Gasteiger partial charge in [-0.25, -0.2) is 8.42 Å². The molecule has 0 radical (unpaired) electrons. The standard InChI is InChI=1S/C18H27N3O2S2/c1-13(2)21(14(3)4)25(22,23)17-12-20(15-8-5-6-9-15)19-18(17)16-10-7-11-24-16/h7,10-15H,5-6,8-9H2,1-4H3. The Bertz CT molecular complexity index is 793. The highest BCUT2D eigenvalue weighted by molar-refractivity contribution is 7.89. The number of thiophene rings is 1. The molecular formula is C18H27N3O2S2. The first-order chi connectivity index (χ1) is 11.8. The Morgan fingerprint density at radius 1 is 1.20 bits per heavy atom. The molecule has 0 N–H and O–H groups in total. The first-order valence-electron chi connectivity index (χ1n) is 8.99. The Morgan fingerprint density at radius 2 is 1.84 bits per heavy atom. The van der Waals surface area contributed by atoms with Gasteiger partial charge in [0.05, 0.1) is 10.9 Å². The number of nitrogens with zero attached hydrogens (tertiary/aromatic N) is 3. The van der Waals surface area contributed by atoms with E-state index in [1.54, 1.807) is 10.5 Å². The predicted molar refractivity (Wildman–Crippen MR) is 102 cm³/mol. The zero-order valence-electron chi connectivity index (χ0n) is 15.3. The molecule has 138 valence electrons. The van der Waals surface area contributed by atoms with Gasteiger partial charge in [-0.05, 0) is 52.0 Å². The van der Waals surface area contributed by atoms with Crippen molar-refractivity contribution in [3.05, 3.63) is 23.7 Å². The van der Waals surface area contributed by atoms with E-state index in [-0.39, 0.29) is 12.1 Å². The van der Waals surface area contributed by atoms with Crippen LogP contribution in [0.15, 0.2) is 28.6 Å². The van der Waals surface area contributed by atoms with Crippen LogP contribution < -0.4 is 0 Å². The van der Waals surface area contributed by atoms with Gasteiger partial charge in [0.2, 0.25) is 10.0 Å². The zero-order chi connectivity index (χ0) is 18.2. The summed E-state index contributed by atoms with van der Waals surface area (Å²) in [5.74, 6) is 0. The number of rotatable bonds is 6. The molecule has 1 aliphatic carbocycles. The Kier molecular flexibility index (Phi) is 5.37. The second-order valence-electron chi connectivity index (χ2n) is 7.26. The van der Waals surface area contributed by atoms with Crippen molar-refractivity contribution in [1.82, 2.24) is 14.1 Å². The van der Waals surface area contributed by atoms with Crippen molar-refractivity contribution in [2.45, 2.75) is 76.4 Å². The molecule has 0 spiro atoms. The highest BCUT2D eigenvalue weighted by Gasteiger charge is 2.34. The maximum atomic E-state index is 13.4. The topological polar surface area (TPSA) is 55.2 Å². The van der Waals surface area contributed by atoms with Gasteiger partial charge in [0.15, 0.2) is 0 Å². The lowest BCUT2D eigenvalue weighted by Gasteiger charge is -2.29. The number of sulfonamides is 1. The van der Waals surface area contributed by atoms with E-state index in [0.29, 0.717) is 16.6 Å². The van der Waals surface area contributed by atoms with E-state index in [0.717, 1.165) is 17.7 Å². The van der Waals surface area contributed by atoms with Crippen molar-refractivity contribution in [2.24, 2.45) is 0 Å². The van der Waals surface area contributed by atoms with E-state index in [4.69, 9.17) is 5.10 Å². The van der Waals surface area contributed by atoms with Crippen LogP contribution in [0.4, 0.5) is 0 Å². The Hall–Kier alpha value is -1.18. The van der Waals surface area contributed by atoms with Gasteiger partial charge in [-0.15, -0.1) is 11.3 Å². The maximum Gasteiger partial charge on any atom is 0.247 e. The first-order valence-corrected chi connectivity index (χ1v) is 11.3. The van der Waals surface area contributed by atoms with Crippen LogP contribution in [0.5, 0.6) is 0 Å². The average molecular weight is 382 g/mol. The number of hydrogen-bond acceptors (Lipinski definition) is 4. The molecule has 0 unspecified atom stereocenters. The van der Waals surface area contributed by atoms with Crippen molar-refractivity contribution in [2.75, 3.05) is 0 Å². The van der Waals surface area contributed by atoms with E-state index in [1.165, 1.54) is 24.2 Å².